The van der Waals surface area contributed by atoms with Crippen molar-refractivity contribution < 1.29 is 24.3 Å². The molecule has 2 N–H and O–H groups in total. The summed E-state index contributed by atoms with van der Waals surface area (Å²) < 4.78 is 0. The van der Waals surface area contributed by atoms with Crippen molar-refractivity contribution in [3.63, 3.8) is 0 Å². The molecule has 0 spiro atoms. The molecule has 0 radical (unpaired) electrons. The Labute approximate surface area is 237 Å². The van der Waals surface area contributed by atoms with Crippen molar-refractivity contribution in [2.75, 3.05) is 13.2 Å². The fraction of sp³-hybridized carbons (Fsp3) is 0.636. The summed E-state index contributed by atoms with van der Waals surface area (Å²) in [5.74, 6) is 1.13. The number of carboxylic acid groups (broad SMARTS) is 1. The van der Waals surface area contributed by atoms with Crippen LogP contribution in [0.15, 0.2) is 47.1 Å². The van der Waals surface area contributed by atoms with E-state index < -0.39 is 5.97 Å². The third kappa shape index (κ3) is 5.48. The molecule has 3 saturated carbocycles. The minimum absolute atomic E-state index is 0.0566. The molecule has 0 aromatic heterocycles. The maximum absolute atomic E-state index is 12.4. The number of oxime groups is 1. The number of carbonyl (C=O) groups is 3. The van der Waals surface area contributed by atoms with Gasteiger partial charge in [-0.05, 0) is 98.5 Å². The summed E-state index contributed by atoms with van der Waals surface area (Å²) in [5, 5.41) is 16.4. The quantitative estimate of drug-likeness (QED) is 0.374. The smallest absolute Gasteiger partial charge is 0.304 e. The average Bonchev–Trinajstić information content (AvgIpc) is 3.29. The van der Waals surface area contributed by atoms with Crippen LogP contribution in [0.3, 0.4) is 0 Å². The first-order valence-corrected chi connectivity index (χ1v) is 15.1. The van der Waals surface area contributed by atoms with Gasteiger partial charge in [0.25, 0.3) is 5.91 Å². The van der Waals surface area contributed by atoms with Gasteiger partial charge in [-0.25, -0.2) is 0 Å². The van der Waals surface area contributed by atoms with Crippen LogP contribution in [0.1, 0.15) is 90.0 Å². The molecule has 0 bridgehead atoms. The molecule has 216 valence electrons. The molecule has 4 aliphatic carbocycles. The lowest BCUT2D eigenvalue weighted by molar-refractivity contribution is -0.137. The van der Waals surface area contributed by atoms with Crippen LogP contribution in [-0.4, -0.2) is 41.6 Å². The number of nitrogens with zero attached hydrogens (tertiary/aromatic N) is 1. The summed E-state index contributed by atoms with van der Waals surface area (Å²) in [4.78, 5) is 41.6. The van der Waals surface area contributed by atoms with E-state index in [9.17, 15) is 19.5 Å². The van der Waals surface area contributed by atoms with Crippen LogP contribution in [0.4, 0.5) is 0 Å². The number of allylic oxidation sites excluding steroid dienone is 2. The maximum atomic E-state index is 12.4. The Balaban J connectivity index is 1.17. The van der Waals surface area contributed by atoms with Crippen molar-refractivity contribution in [1.29, 1.82) is 0 Å². The molecule has 4 aliphatic rings. The normalized spacial score (nSPS) is 34.6. The van der Waals surface area contributed by atoms with E-state index in [0.29, 0.717) is 23.5 Å². The largest absolute Gasteiger partial charge is 0.481 e. The molecule has 1 aromatic rings. The molecule has 40 heavy (non-hydrogen) atoms. The highest BCUT2D eigenvalue weighted by Crippen LogP contribution is 2.66. The van der Waals surface area contributed by atoms with E-state index in [1.165, 1.54) is 24.8 Å². The maximum Gasteiger partial charge on any atom is 0.304 e. The minimum atomic E-state index is -0.900. The summed E-state index contributed by atoms with van der Waals surface area (Å²) in [6.45, 7) is 6.67. The van der Waals surface area contributed by atoms with Gasteiger partial charge in [-0.15, -0.1) is 0 Å². The molecule has 1 amide bonds. The second-order valence-electron chi connectivity index (χ2n) is 13.2. The Kier molecular flexibility index (Phi) is 8.21. The van der Waals surface area contributed by atoms with Crippen molar-refractivity contribution >= 4 is 23.4 Å². The van der Waals surface area contributed by atoms with Gasteiger partial charge in [-0.3, -0.25) is 14.4 Å². The van der Waals surface area contributed by atoms with Gasteiger partial charge in [-0.2, -0.15) is 0 Å². The SMILES string of the molecule is CC(=O)[C@@H]1CC[C@@H]2[C@@H]3CCC4=CC(=NOCC(=O)NC[C@@H](CC(=O)O)c5ccccc5)CC[C@]4(C)[C@H]3CC[C@@]21C. The summed E-state index contributed by atoms with van der Waals surface area (Å²) in [7, 11) is 0. The Morgan fingerprint density at radius 3 is 2.55 bits per heavy atom. The Morgan fingerprint density at radius 2 is 1.82 bits per heavy atom. The molecular formula is C33H44N2O5. The molecule has 7 nitrogen and oxygen atoms in total. The first kappa shape index (κ1) is 28.6. The first-order valence-electron chi connectivity index (χ1n) is 15.1. The van der Waals surface area contributed by atoms with E-state index in [2.05, 4.69) is 30.4 Å². The monoisotopic (exact) mass is 548 g/mol. The highest BCUT2D eigenvalue weighted by Gasteiger charge is 2.59. The molecule has 7 heteroatoms. The fourth-order valence-corrected chi connectivity index (χ4v) is 9.02. The number of carbonyl (C=O) groups excluding carboxylic acids is 2. The van der Waals surface area contributed by atoms with Crippen LogP contribution in [0.5, 0.6) is 0 Å². The minimum Gasteiger partial charge on any atom is -0.481 e. The van der Waals surface area contributed by atoms with Gasteiger partial charge in [0.05, 0.1) is 12.1 Å². The Bertz CT molecular complexity index is 1190. The topological polar surface area (TPSA) is 105 Å². The van der Waals surface area contributed by atoms with Gasteiger partial charge < -0.3 is 15.3 Å². The van der Waals surface area contributed by atoms with E-state index in [1.54, 1.807) is 6.92 Å². The number of hydrogen-bond donors (Lipinski definition) is 2. The van der Waals surface area contributed by atoms with Crippen molar-refractivity contribution in [1.82, 2.24) is 5.32 Å². The number of benzene rings is 1. The standard InChI is InChI=1S/C33H44N2O5/c1-21(36)27-11-12-28-26-10-9-24-18-25(13-15-32(24,2)29(26)14-16-33(27,28)3)35-40-20-30(37)34-19-23(17-31(38)39)22-7-5-4-6-8-22/h4-8,18,23,26-29H,9-17,19-20H2,1-3H3,(H,34,37)(H,38,39)/t23-,26+,27+,28-,29+,32+,33-/m1/s1. The second-order valence-corrected chi connectivity index (χ2v) is 13.2. The van der Waals surface area contributed by atoms with E-state index in [-0.39, 0.29) is 48.1 Å². The lowest BCUT2D eigenvalue weighted by Crippen LogP contribution is -2.51. The number of aliphatic carboxylic acids is 1. The van der Waals surface area contributed by atoms with Crippen LogP contribution in [-0.2, 0) is 19.2 Å². The predicted octanol–water partition coefficient (Wildman–Crippen LogP) is 5.90. The summed E-state index contributed by atoms with van der Waals surface area (Å²) >= 11 is 0. The van der Waals surface area contributed by atoms with Crippen LogP contribution in [0.2, 0.25) is 0 Å². The van der Waals surface area contributed by atoms with Crippen LogP contribution in [0.25, 0.3) is 0 Å². The summed E-state index contributed by atoms with van der Waals surface area (Å²) in [6.07, 6.45) is 10.9. The third-order valence-corrected chi connectivity index (χ3v) is 11.1. The van der Waals surface area contributed by atoms with Crippen molar-refractivity contribution in [2.24, 2.45) is 39.7 Å². The van der Waals surface area contributed by atoms with Gasteiger partial charge in [0, 0.05) is 18.4 Å². The Morgan fingerprint density at radius 1 is 1.05 bits per heavy atom. The van der Waals surface area contributed by atoms with Crippen LogP contribution in [0, 0.1) is 34.5 Å². The Hall–Kier alpha value is -2.96. The van der Waals surface area contributed by atoms with Crippen molar-refractivity contribution in [3.05, 3.63) is 47.5 Å². The zero-order valence-electron chi connectivity index (χ0n) is 24.2. The van der Waals surface area contributed by atoms with Crippen molar-refractivity contribution in [2.45, 2.75) is 84.5 Å². The van der Waals surface area contributed by atoms with E-state index in [0.717, 1.165) is 43.4 Å². The number of rotatable bonds is 9. The summed E-state index contributed by atoms with van der Waals surface area (Å²) in [6, 6.07) is 9.37. The fourth-order valence-electron chi connectivity index (χ4n) is 9.02. The van der Waals surface area contributed by atoms with E-state index in [4.69, 9.17) is 4.84 Å². The van der Waals surface area contributed by atoms with Gasteiger partial charge in [0.15, 0.2) is 6.61 Å². The zero-order valence-corrected chi connectivity index (χ0v) is 24.2. The first-order chi connectivity index (χ1) is 19.1. The molecule has 1 aromatic carbocycles. The van der Waals surface area contributed by atoms with Crippen molar-refractivity contribution in [3.8, 4) is 0 Å². The second kappa shape index (κ2) is 11.5. The number of Topliss-reactive ketones (excluding diaryl/α,β-unsaturated/α-hetero) is 1. The third-order valence-electron chi connectivity index (χ3n) is 11.1. The number of nitrogens with one attached hydrogen (secondary N) is 1. The van der Waals surface area contributed by atoms with Crippen LogP contribution >= 0.6 is 0 Å². The average molecular weight is 549 g/mol. The molecule has 0 saturated heterocycles. The zero-order chi connectivity index (χ0) is 28.5. The molecule has 7 atom stereocenters. The number of hydrogen-bond acceptors (Lipinski definition) is 5. The molecular weight excluding hydrogens is 504 g/mol. The number of amides is 1. The molecule has 3 fully saturated rings. The van der Waals surface area contributed by atoms with Gasteiger partial charge in [0.1, 0.15) is 5.78 Å². The number of ketones is 1. The number of carboxylic acids is 1. The van der Waals surface area contributed by atoms with E-state index >= 15 is 0 Å². The van der Waals surface area contributed by atoms with Gasteiger partial charge in [-0.1, -0.05) is 54.9 Å². The lowest BCUT2D eigenvalue weighted by atomic mass is 9.46. The molecule has 0 aliphatic heterocycles. The highest BCUT2D eigenvalue weighted by atomic mass is 16.6. The number of fused-ring (bicyclic) bond motifs is 5. The molecule has 0 heterocycles. The highest BCUT2D eigenvalue weighted by molar-refractivity contribution is 5.96. The van der Waals surface area contributed by atoms with E-state index in [1.807, 2.05) is 30.3 Å². The predicted molar refractivity (Wildman–Crippen MR) is 154 cm³/mol. The lowest BCUT2D eigenvalue weighted by Gasteiger charge is -2.58. The summed E-state index contributed by atoms with van der Waals surface area (Å²) in [5.41, 5.74) is 3.59. The van der Waals surface area contributed by atoms with Crippen LogP contribution < -0.4 is 5.32 Å². The van der Waals surface area contributed by atoms with Gasteiger partial charge in [0.2, 0.25) is 0 Å². The molecule has 0 unspecified atom stereocenters. The van der Waals surface area contributed by atoms with Gasteiger partial charge >= 0.3 is 5.97 Å². The molecule has 5 rings (SSSR count).